The van der Waals surface area contributed by atoms with Crippen LogP contribution in [-0.4, -0.2) is 28.6 Å². The molecule has 0 amide bonds. The summed E-state index contributed by atoms with van der Waals surface area (Å²) in [5.74, 6) is 0.120. The summed E-state index contributed by atoms with van der Waals surface area (Å²) in [6.07, 6.45) is 0. The normalized spacial score (nSPS) is 11.8. The summed E-state index contributed by atoms with van der Waals surface area (Å²) in [5.41, 5.74) is 6.76. The predicted octanol–water partition coefficient (Wildman–Crippen LogP) is 0.797. The van der Waals surface area contributed by atoms with Crippen molar-refractivity contribution in [2.45, 2.75) is 4.34 Å². The molecule has 1 aromatic carbocycles. The van der Waals surface area contributed by atoms with Crippen molar-refractivity contribution < 1.29 is 8.42 Å². The highest BCUT2D eigenvalue weighted by Crippen LogP contribution is 2.20. The molecule has 0 aliphatic carbocycles. The molecule has 4 N–H and O–H groups in total. The van der Waals surface area contributed by atoms with Crippen molar-refractivity contribution in [2.75, 3.05) is 10.5 Å². The topological polar surface area (TPSA) is 127 Å². The quantitative estimate of drug-likeness (QED) is 0.656. The summed E-state index contributed by atoms with van der Waals surface area (Å²) in [5, 5.41) is 7.04. The first-order chi connectivity index (χ1) is 9.04. The number of fused-ring (bicyclic) bond motifs is 1. The fourth-order valence-electron chi connectivity index (χ4n) is 1.50. The molecule has 0 fully saturated rings. The number of nitrogen functional groups attached to an aromatic ring is 1. The van der Waals surface area contributed by atoms with Gasteiger partial charge in [-0.25, -0.2) is 9.71 Å². The van der Waals surface area contributed by atoms with Crippen LogP contribution in [0.25, 0.3) is 11.0 Å². The van der Waals surface area contributed by atoms with E-state index in [4.69, 9.17) is 5.73 Å². The van der Waals surface area contributed by atoms with E-state index in [9.17, 15) is 8.42 Å². The SMILES string of the molecule is Nc1nnc(S(=O)(=O)Nc2nc3ccccc3[nH]2)s1. The van der Waals surface area contributed by atoms with Gasteiger partial charge in [0.25, 0.3) is 14.4 Å². The van der Waals surface area contributed by atoms with Crippen molar-refractivity contribution in [1.29, 1.82) is 0 Å². The average molecular weight is 296 g/mol. The minimum atomic E-state index is -3.82. The molecule has 98 valence electrons. The maximum absolute atomic E-state index is 12.0. The van der Waals surface area contributed by atoms with E-state index in [-0.39, 0.29) is 15.4 Å². The van der Waals surface area contributed by atoms with E-state index in [1.807, 2.05) is 12.1 Å². The Kier molecular flexibility index (Phi) is 2.61. The van der Waals surface area contributed by atoms with E-state index >= 15 is 0 Å². The van der Waals surface area contributed by atoms with Gasteiger partial charge in [-0.15, -0.1) is 10.2 Å². The molecule has 3 aromatic rings. The van der Waals surface area contributed by atoms with Gasteiger partial charge in [-0.1, -0.05) is 23.5 Å². The molecule has 0 saturated carbocycles. The van der Waals surface area contributed by atoms with Gasteiger partial charge >= 0.3 is 0 Å². The second kappa shape index (κ2) is 4.17. The Balaban J connectivity index is 1.96. The van der Waals surface area contributed by atoms with Crippen molar-refractivity contribution in [3.05, 3.63) is 24.3 Å². The number of H-pyrrole nitrogens is 1. The molecular formula is C9H8N6O2S2. The van der Waals surface area contributed by atoms with Crippen molar-refractivity contribution in [2.24, 2.45) is 0 Å². The molecule has 0 unspecified atom stereocenters. The Bertz CT molecular complexity index is 804. The number of anilines is 2. The third kappa shape index (κ3) is 2.22. The molecule has 10 heteroatoms. The zero-order valence-electron chi connectivity index (χ0n) is 9.36. The van der Waals surface area contributed by atoms with Gasteiger partial charge in [-0.05, 0) is 12.1 Å². The number of nitrogens with one attached hydrogen (secondary N) is 2. The van der Waals surface area contributed by atoms with Crippen LogP contribution >= 0.6 is 11.3 Å². The lowest BCUT2D eigenvalue weighted by Crippen LogP contribution is -2.13. The molecule has 0 saturated heterocycles. The highest BCUT2D eigenvalue weighted by atomic mass is 32.2. The Morgan fingerprint density at radius 3 is 2.74 bits per heavy atom. The maximum atomic E-state index is 12.0. The molecular weight excluding hydrogens is 288 g/mol. The summed E-state index contributed by atoms with van der Waals surface area (Å²) in [6.45, 7) is 0. The third-order valence-corrected chi connectivity index (χ3v) is 4.73. The van der Waals surface area contributed by atoms with E-state index in [1.165, 1.54) is 0 Å². The predicted molar refractivity (Wildman–Crippen MR) is 71.2 cm³/mol. The molecule has 0 atom stereocenters. The molecule has 3 rings (SSSR count). The Labute approximate surface area is 111 Å². The van der Waals surface area contributed by atoms with Gasteiger partial charge in [0.05, 0.1) is 11.0 Å². The fraction of sp³-hybridized carbons (Fsp3) is 0. The molecule has 0 radical (unpaired) electrons. The van der Waals surface area contributed by atoms with E-state index in [0.717, 1.165) is 16.9 Å². The Hall–Kier alpha value is -2.20. The molecule has 0 spiro atoms. The van der Waals surface area contributed by atoms with Crippen LogP contribution in [0.2, 0.25) is 0 Å². The first-order valence-electron chi connectivity index (χ1n) is 5.11. The number of nitrogens with zero attached hydrogens (tertiary/aromatic N) is 3. The maximum Gasteiger partial charge on any atom is 0.293 e. The number of nitrogens with two attached hydrogens (primary N) is 1. The minimum Gasteiger partial charge on any atom is -0.374 e. The number of benzene rings is 1. The highest BCUT2D eigenvalue weighted by Gasteiger charge is 2.21. The van der Waals surface area contributed by atoms with Crippen molar-refractivity contribution >= 4 is 43.5 Å². The van der Waals surface area contributed by atoms with Crippen molar-refractivity contribution in [1.82, 2.24) is 20.2 Å². The smallest absolute Gasteiger partial charge is 0.293 e. The van der Waals surface area contributed by atoms with Gasteiger partial charge in [0.1, 0.15) is 0 Å². The average Bonchev–Trinajstić information content (AvgIpc) is 2.94. The number of para-hydroxylation sites is 2. The van der Waals surface area contributed by atoms with Crippen LogP contribution in [-0.2, 0) is 10.0 Å². The lowest BCUT2D eigenvalue weighted by Gasteiger charge is -1.99. The molecule has 0 aliphatic heterocycles. The van der Waals surface area contributed by atoms with Crippen molar-refractivity contribution in [3.63, 3.8) is 0 Å². The number of hydrogen-bond donors (Lipinski definition) is 3. The minimum absolute atomic E-state index is 0.0879. The molecule has 0 aliphatic rings. The highest BCUT2D eigenvalue weighted by molar-refractivity contribution is 7.94. The van der Waals surface area contributed by atoms with Crippen LogP contribution in [0.3, 0.4) is 0 Å². The zero-order valence-corrected chi connectivity index (χ0v) is 11.0. The number of aromatic amines is 1. The number of hydrogen-bond acceptors (Lipinski definition) is 7. The third-order valence-electron chi connectivity index (χ3n) is 2.27. The fourth-order valence-corrected chi connectivity index (χ4v) is 3.25. The zero-order chi connectivity index (χ0) is 13.5. The van der Waals surface area contributed by atoms with Crippen LogP contribution in [0.1, 0.15) is 0 Å². The van der Waals surface area contributed by atoms with Crippen LogP contribution in [0.5, 0.6) is 0 Å². The van der Waals surface area contributed by atoms with Crippen LogP contribution in [0, 0.1) is 0 Å². The Morgan fingerprint density at radius 1 is 1.26 bits per heavy atom. The van der Waals surface area contributed by atoms with Gasteiger partial charge in [0.2, 0.25) is 11.1 Å². The summed E-state index contributed by atoms with van der Waals surface area (Å²) < 4.78 is 26.0. The number of aromatic nitrogens is 4. The second-order valence-electron chi connectivity index (χ2n) is 3.61. The summed E-state index contributed by atoms with van der Waals surface area (Å²) >= 11 is 0.784. The van der Waals surface area contributed by atoms with Gasteiger partial charge in [0, 0.05) is 0 Å². The largest absolute Gasteiger partial charge is 0.374 e. The second-order valence-corrected chi connectivity index (χ2v) is 6.48. The van der Waals surface area contributed by atoms with Gasteiger partial charge in [-0.2, -0.15) is 8.42 Å². The molecule has 8 nitrogen and oxygen atoms in total. The summed E-state index contributed by atoms with van der Waals surface area (Å²) in [4.78, 5) is 6.96. The summed E-state index contributed by atoms with van der Waals surface area (Å²) in [6, 6.07) is 7.20. The molecule has 19 heavy (non-hydrogen) atoms. The van der Waals surface area contributed by atoms with Crippen LogP contribution < -0.4 is 10.5 Å². The van der Waals surface area contributed by atoms with E-state index < -0.39 is 10.0 Å². The van der Waals surface area contributed by atoms with Crippen LogP contribution in [0.4, 0.5) is 11.1 Å². The number of rotatable bonds is 3. The standard InChI is InChI=1S/C9H8N6O2S2/c10-7-13-14-9(18-7)19(16,17)15-8-11-5-3-1-2-4-6(5)12-8/h1-4H,(H2,10,13)(H2,11,12,15). The van der Waals surface area contributed by atoms with Gasteiger partial charge in [-0.3, -0.25) is 0 Å². The van der Waals surface area contributed by atoms with Gasteiger partial charge in [0.15, 0.2) is 0 Å². The van der Waals surface area contributed by atoms with E-state index in [1.54, 1.807) is 12.1 Å². The lowest BCUT2D eigenvalue weighted by atomic mass is 10.3. The molecule has 2 heterocycles. The van der Waals surface area contributed by atoms with Crippen molar-refractivity contribution in [3.8, 4) is 0 Å². The lowest BCUT2D eigenvalue weighted by molar-refractivity contribution is 0.599. The van der Waals surface area contributed by atoms with Gasteiger partial charge < -0.3 is 10.7 Å². The number of imidazole rings is 1. The monoisotopic (exact) mass is 296 g/mol. The first kappa shape index (κ1) is 11.9. The summed E-state index contributed by atoms with van der Waals surface area (Å²) in [7, 11) is -3.82. The van der Waals surface area contributed by atoms with E-state index in [2.05, 4.69) is 24.9 Å². The molecule has 2 aromatic heterocycles. The van der Waals surface area contributed by atoms with Crippen LogP contribution in [0.15, 0.2) is 28.6 Å². The Morgan fingerprint density at radius 2 is 2.05 bits per heavy atom. The van der Waals surface area contributed by atoms with E-state index in [0.29, 0.717) is 5.52 Å². The molecule has 0 bridgehead atoms. The first-order valence-corrected chi connectivity index (χ1v) is 7.41. The number of sulfonamides is 1.